The van der Waals surface area contributed by atoms with Gasteiger partial charge in [-0.3, -0.25) is 0 Å². The van der Waals surface area contributed by atoms with Gasteiger partial charge in [0.1, 0.15) is 0 Å². The maximum Gasteiger partial charge on any atom is 0.0940 e. The Morgan fingerprint density at radius 3 is 2.73 bits per heavy atom. The molecule has 1 N–H and O–H groups in total. The highest BCUT2D eigenvalue weighted by Crippen LogP contribution is 2.39. The fourth-order valence-corrected chi connectivity index (χ4v) is 3.16. The lowest BCUT2D eigenvalue weighted by Crippen LogP contribution is -2.50. The molecule has 15 heavy (non-hydrogen) atoms. The number of thiophene rings is 1. The van der Waals surface area contributed by atoms with Gasteiger partial charge in [0.05, 0.1) is 16.0 Å². The van der Waals surface area contributed by atoms with Gasteiger partial charge >= 0.3 is 0 Å². The number of ether oxygens (including phenoxy) is 1. The minimum atomic E-state index is -0.411. The fourth-order valence-electron chi connectivity index (χ4n) is 2.04. The lowest BCUT2D eigenvalue weighted by Gasteiger charge is -2.44. The topological polar surface area (TPSA) is 29.5 Å². The second kappa shape index (κ2) is 4.42. The summed E-state index contributed by atoms with van der Waals surface area (Å²) in [5.74, 6) is 0. The van der Waals surface area contributed by atoms with Crippen LogP contribution in [-0.2, 0) is 11.2 Å². The molecule has 1 unspecified atom stereocenters. The maximum atomic E-state index is 10.1. The molecule has 84 valence electrons. The van der Waals surface area contributed by atoms with E-state index in [9.17, 15) is 5.11 Å². The van der Waals surface area contributed by atoms with Gasteiger partial charge in [0.15, 0.2) is 0 Å². The Labute approximate surface area is 98.8 Å². The first kappa shape index (κ1) is 11.4. The van der Waals surface area contributed by atoms with Crippen LogP contribution in [0, 0.1) is 0 Å². The molecule has 0 aliphatic heterocycles. The molecule has 0 saturated heterocycles. The van der Waals surface area contributed by atoms with E-state index in [4.69, 9.17) is 16.3 Å². The number of aliphatic hydroxyl groups is 1. The van der Waals surface area contributed by atoms with E-state index in [0.717, 1.165) is 28.5 Å². The number of hydrogen-bond acceptors (Lipinski definition) is 3. The van der Waals surface area contributed by atoms with E-state index >= 15 is 0 Å². The molecule has 1 heterocycles. The lowest BCUT2D eigenvalue weighted by atomic mass is 9.74. The van der Waals surface area contributed by atoms with Gasteiger partial charge in [-0.1, -0.05) is 11.6 Å². The van der Waals surface area contributed by atoms with Crippen molar-refractivity contribution in [2.24, 2.45) is 0 Å². The third-order valence-electron chi connectivity index (χ3n) is 3.24. The zero-order chi connectivity index (χ0) is 10.9. The van der Waals surface area contributed by atoms with Gasteiger partial charge < -0.3 is 9.84 Å². The van der Waals surface area contributed by atoms with Crippen LogP contribution in [-0.4, -0.2) is 23.9 Å². The summed E-state index contributed by atoms with van der Waals surface area (Å²) in [6, 6.07) is 3.84. The SMILES string of the molecule is COC1(C(O)Cc2ccc(Cl)s2)CCC1. The number of hydrogen-bond donors (Lipinski definition) is 1. The van der Waals surface area contributed by atoms with Gasteiger partial charge in [-0.25, -0.2) is 0 Å². The summed E-state index contributed by atoms with van der Waals surface area (Å²) < 4.78 is 6.21. The highest BCUT2D eigenvalue weighted by atomic mass is 35.5. The van der Waals surface area contributed by atoms with Crippen LogP contribution >= 0.6 is 22.9 Å². The number of halogens is 1. The summed E-state index contributed by atoms with van der Waals surface area (Å²) in [5, 5.41) is 10.1. The highest BCUT2D eigenvalue weighted by molar-refractivity contribution is 7.16. The van der Waals surface area contributed by atoms with Crippen molar-refractivity contribution in [3.63, 3.8) is 0 Å². The molecule has 0 spiro atoms. The average molecular weight is 247 g/mol. The van der Waals surface area contributed by atoms with E-state index in [1.807, 2.05) is 12.1 Å². The standard InChI is InChI=1S/C11H15ClO2S/c1-14-11(5-2-6-11)9(13)7-8-3-4-10(12)15-8/h3-4,9,13H,2,5-7H2,1H3. The fraction of sp³-hybridized carbons (Fsp3) is 0.636. The summed E-state index contributed by atoms with van der Waals surface area (Å²) in [6.45, 7) is 0. The summed E-state index contributed by atoms with van der Waals surface area (Å²) in [7, 11) is 1.68. The summed E-state index contributed by atoms with van der Waals surface area (Å²) in [4.78, 5) is 1.12. The molecule has 0 bridgehead atoms. The summed E-state index contributed by atoms with van der Waals surface area (Å²) >= 11 is 7.37. The molecule has 1 aromatic heterocycles. The third-order valence-corrected chi connectivity index (χ3v) is 4.49. The van der Waals surface area contributed by atoms with Crippen molar-refractivity contribution in [2.75, 3.05) is 7.11 Å². The monoisotopic (exact) mass is 246 g/mol. The van der Waals surface area contributed by atoms with Crippen LogP contribution in [0.5, 0.6) is 0 Å². The molecule has 1 aromatic rings. The Hall–Kier alpha value is -0.0900. The van der Waals surface area contributed by atoms with Crippen molar-refractivity contribution >= 4 is 22.9 Å². The predicted octanol–water partition coefficient (Wildman–Crippen LogP) is 2.87. The Kier molecular flexibility index (Phi) is 3.36. The van der Waals surface area contributed by atoms with Crippen LogP contribution in [0.2, 0.25) is 4.34 Å². The zero-order valence-electron chi connectivity index (χ0n) is 8.70. The molecule has 0 radical (unpaired) electrons. The number of aliphatic hydroxyl groups excluding tert-OH is 1. The summed E-state index contributed by atoms with van der Waals surface area (Å²) in [5.41, 5.74) is -0.295. The van der Waals surface area contributed by atoms with E-state index < -0.39 is 6.10 Å². The van der Waals surface area contributed by atoms with Gasteiger partial charge in [-0.05, 0) is 31.4 Å². The van der Waals surface area contributed by atoms with Crippen LogP contribution in [0.15, 0.2) is 12.1 Å². The Balaban J connectivity index is 1.99. The average Bonchev–Trinajstić information content (AvgIpc) is 2.50. The molecule has 1 aliphatic rings. The molecule has 1 saturated carbocycles. The predicted molar refractivity (Wildman–Crippen MR) is 62.6 cm³/mol. The molecule has 1 aliphatic carbocycles. The van der Waals surface area contributed by atoms with Crippen molar-refractivity contribution in [1.29, 1.82) is 0 Å². The molecule has 0 aromatic carbocycles. The second-order valence-corrected chi connectivity index (χ2v) is 5.85. The Bertz CT molecular complexity index is 328. The van der Waals surface area contributed by atoms with Gasteiger partial charge in [0.2, 0.25) is 0 Å². The molecular formula is C11H15ClO2S. The quantitative estimate of drug-likeness (QED) is 0.885. The maximum absolute atomic E-state index is 10.1. The molecule has 2 nitrogen and oxygen atoms in total. The number of methoxy groups -OCH3 is 1. The molecule has 4 heteroatoms. The zero-order valence-corrected chi connectivity index (χ0v) is 10.3. The largest absolute Gasteiger partial charge is 0.390 e. The van der Waals surface area contributed by atoms with Crippen molar-refractivity contribution in [3.05, 3.63) is 21.3 Å². The van der Waals surface area contributed by atoms with Gasteiger partial charge in [-0.2, -0.15) is 0 Å². The second-order valence-electron chi connectivity index (χ2n) is 4.05. The van der Waals surface area contributed by atoms with Gasteiger partial charge in [0, 0.05) is 18.4 Å². The molecule has 1 atom stereocenters. The van der Waals surface area contributed by atoms with Crippen LogP contribution in [0.4, 0.5) is 0 Å². The van der Waals surface area contributed by atoms with E-state index in [-0.39, 0.29) is 5.60 Å². The first-order valence-electron chi connectivity index (χ1n) is 5.14. The molecule has 0 amide bonds. The molecular weight excluding hydrogens is 232 g/mol. The molecule has 2 rings (SSSR count). The van der Waals surface area contributed by atoms with Crippen LogP contribution in [0.1, 0.15) is 24.1 Å². The van der Waals surface area contributed by atoms with Crippen molar-refractivity contribution < 1.29 is 9.84 Å². The van der Waals surface area contributed by atoms with Crippen molar-refractivity contribution in [3.8, 4) is 0 Å². The van der Waals surface area contributed by atoms with Crippen LogP contribution in [0.25, 0.3) is 0 Å². The third kappa shape index (κ3) is 2.21. The lowest BCUT2D eigenvalue weighted by molar-refractivity contribution is -0.148. The normalized spacial score (nSPS) is 21.0. The minimum absolute atomic E-state index is 0.295. The van der Waals surface area contributed by atoms with Crippen LogP contribution < -0.4 is 0 Å². The smallest absolute Gasteiger partial charge is 0.0940 e. The Morgan fingerprint density at radius 2 is 2.33 bits per heavy atom. The van der Waals surface area contributed by atoms with E-state index in [0.29, 0.717) is 6.42 Å². The van der Waals surface area contributed by atoms with Crippen LogP contribution in [0.3, 0.4) is 0 Å². The van der Waals surface area contributed by atoms with Crippen molar-refractivity contribution in [2.45, 2.75) is 37.4 Å². The van der Waals surface area contributed by atoms with Crippen molar-refractivity contribution in [1.82, 2.24) is 0 Å². The van der Waals surface area contributed by atoms with Gasteiger partial charge in [0.25, 0.3) is 0 Å². The minimum Gasteiger partial charge on any atom is -0.390 e. The number of rotatable bonds is 4. The van der Waals surface area contributed by atoms with E-state index in [1.54, 1.807) is 7.11 Å². The summed E-state index contributed by atoms with van der Waals surface area (Å²) in [6.07, 6.45) is 3.31. The van der Waals surface area contributed by atoms with E-state index in [1.165, 1.54) is 11.3 Å². The Morgan fingerprint density at radius 1 is 1.60 bits per heavy atom. The first-order chi connectivity index (χ1) is 7.16. The molecule has 1 fully saturated rings. The van der Waals surface area contributed by atoms with Gasteiger partial charge in [-0.15, -0.1) is 11.3 Å². The first-order valence-corrected chi connectivity index (χ1v) is 6.33. The highest BCUT2D eigenvalue weighted by Gasteiger charge is 2.43. The van der Waals surface area contributed by atoms with E-state index in [2.05, 4.69) is 0 Å².